The first kappa shape index (κ1) is 7.44. The Labute approximate surface area is 81.8 Å². The monoisotopic (exact) mass is 182 g/mol. The van der Waals surface area contributed by atoms with Crippen molar-refractivity contribution in [1.82, 2.24) is 0 Å². The number of nitrogens with two attached hydrogens (primary N) is 2. The van der Waals surface area contributed by atoms with Crippen molar-refractivity contribution < 1.29 is 0 Å². The van der Waals surface area contributed by atoms with E-state index in [-0.39, 0.29) is 0 Å². The van der Waals surface area contributed by atoms with Crippen molar-refractivity contribution in [3.05, 3.63) is 35.4 Å². The molecule has 0 bridgehead atoms. The van der Waals surface area contributed by atoms with Crippen LogP contribution in [0.4, 0.5) is 11.4 Å². The molecule has 0 heterocycles. The number of benzene rings is 2. The Bertz CT molecular complexity index is 521. The van der Waals surface area contributed by atoms with Crippen LogP contribution in [-0.2, 0) is 0 Å². The van der Waals surface area contributed by atoms with Gasteiger partial charge in [-0.2, -0.15) is 0 Å². The molecule has 0 atom stereocenters. The Hall–Kier alpha value is -1.96. The van der Waals surface area contributed by atoms with Crippen LogP contribution in [0.15, 0.2) is 24.3 Å². The molecule has 0 saturated carbocycles. The quantitative estimate of drug-likeness (QED) is 0.525. The van der Waals surface area contributed by atoms with Gasteiger partial charge in [0.05, 0.1) is 0 Å². The minimum absolute atomic E-state index is 0.818. The Kier molecular flexibility index (Phi) is 1.22. The summed E-state index contributed by atoms with van der Waals surface area (Å²) in [5.74, 6) is 0. The van der Waals surface area contributed by atoms with Crippen molar-refractivity contribution in [2.45, 2.75) is 0 Å². The van der Waals surface area contributed by atoms with E-state index >= 15 is 0 Å². The van der Waals surface area contributed by atoms with Crippen molar-refractivity contribution in [3.8, 4) is 0 Å². The fourth-order valence-corrected chi connectivity index (χ4v) is 2.03. The van der Waals surface area contributed by atoms with Crippen LogP contribution in [0.1, 0.15) is 11.1 Å². The molecule has 1 aliphatic carbocycles. The van der Waals surface area contributed by atoms with E-state index in [4.69, 9.17) is 11.5 Å². The maximum Gasteiger partial charge on any atom is 0.0394 e. The SMILES string of the molecule is Nc1ccc2ccc(N)c3c2c1C=C3. The minimum atomic E-state index is 0.818. The van der Waals surface area contributed by atoms with Crippen LogP contribution in [0, 0.1) is 0 Å². The van der Waals surface area contributed by atoms with Crippen molar-refractivity contribution in [2.75, 3.05) is 11.5 Å². The third-order valence-electron chi connectivity index (χ3n) is 2.75. The lowest BCUT2D eigenvalue weighted by atomic mass is 10.0. The van der Waals surface area contributed by atoms with Gasteiger partial charge < -0.3 is 11.5 Å². The molecule has 2 heteroatoms. The molecule has 0 aliphatic heterocycles. The van der Waals surface area contributed by atoms with Crippen LogP contribution >= 0.6 is 0 Å². The fraction of sp³-hybridized carbons (Fsp3) is 0. The summed E-state index contributed by atoms with van der Waals surface area (Å²) in [6.07, 6.45) is 4.06. The third kappa shape index (κ3) is 0.752. The molecule has 14 heavy (non-hydrogen) atoms. The number of hydrogen-bond acceptors (Lipinski definition) is 2. The van der Waals surface area contributed by atoms with Crippen LogP contribution in [0.3, 0.4) is 0 Å². The number of nitrogen functional groups attached to an aromatic ring is 2. The zero-order valence-corrected chi connectivity index (χ0v) is 7.62. The lowest BCUT2D eigenvalue weighted by Gasteiger charge is -2.06. The molecule has 0 spiro atoms. The van der Waals surface area contributed by atoms with Gasteiger partial charge in [0.1, 0.15) is 0 Å². The van der Waals surface area contributed by atoms with E-state index < -0.39 is 0 Å². The second kappa shape index (κ2) is 2.29. The maximum atomic E-state index is 5.89. The van der Waals surface area contributed by atoms with Gasteiger partial charge in [0, 0.05) is 27.9 Å². The van der Waals surface area contributed by atoms with Crippen LogP contribution in [0.5, 0.6) is 0 Å². The highest BCUT2D eigenvalue weighted by Gasteiger charge is 2.13. The van der Waals surface area contributed by atoms with Crippen molar-refractivity contribution in [3.63, 3.8) is 0 Å². The summed E-state index contributed by atoms with van der Waals surface area (Å²) in [5.41, 5.74) is 15.6. The summed E-state index contributed by atoms with van der Waals surface area (Å²) < 4.78 is 0. The van der Waals surface area contributed by atoms with Crippen LogP contribution < -0.4 is 11.5 Å². The molecule has 0 fully saturated rings. The molecule has 2 nitrogen and oxygen atoms in total. The molecule has 0 unspecified atom stereocenters. The summed E-state index contributed by atoms with van der Waals surface area (Å²) in [5, 5.41) is 2.38. The van der Waals surface area contributed by atoms with E-state index in [1.54, 1.807) is 0 Å². The molecule has 1 aliphatic rings. The lowest BCUT2D eigenvalue weighted by Crippen LogP contribution is -1.92. The first-order chi connectivity index (χ1) is 6.77. The lowest BCUT2D eigenvalue weighted by molar-refractivity contribution is 1.68. The largest absolute Gasteiger partial charge is 0.398 e. The fourth-order valence-electron chi connectivity index (χ4n) is 2.03. The molecule has 4 N–H and O–H groups in total. The van der Waals surface area contributed by atoms with E-state index in [2.05, 4.69) is 0 Å². The highest BCUT2D eigenvalue weighted by molar-refractivity contribution is 6.10. The summed E-state index contributed by atoms with van der Waals surface area (Å²) in [7, 11) is 0. The summed E-state index contributed by atoms with van der Waals surface area (Å²) in [4.78, 5) is 0. The van der Waals surface area contributed by atoms with Gasteiger partial charge in [-0.1, -0.05) is 24.3 Å². The Morgan fingerprint density at radius 1 is 0.714 bits per heavy atom. The zero-order chi connectivity index (χ0) is 9.71. The molecule has 2 aromatic carbocycles. The van der Waals surface area contributed by atoms with Gasteiger partial charge >= 0.3 is 0 Å². The predicted molar refractivity (Wildman–Crippen MR) is 61.7 cm³/mol. The Morgan fingerprint density at radius 2 is 1.21 bits per heavy atom. The molecule has 0 amide bonds. The zero-order valence-electron chi connectivity index (χ0n) is 7.62. The topological polar surface area (TPSA) is 52.0 Å². The summed E-state index contributed by atoms with van der Waals surface area (Å²) >= 11 is 0. The molecule has 0 radical (unpaired) electrons. The normalized spacial score (nSPS) is 12.6. The molecular weight excluding hydrogens is 172 g/mol. The third-order valence-corrected chi connectivity index (χ3v) is 2.75. The number of anilines is 2. The van der Waals surface area contributed by atoms with E-state index in [0.29, 0.717) is 0 Å². The van der Waals surface area contributed by atoms with Crippen LogP contribution in [0.2, 0.25) is 0 Å². The first-order valence-electron chi connectivity index (χ1n) is 4.56. The van der Waals surface area contributed by atoms with Gasteiger partial charge in [-0.25, -0.2) is 0 Å². The van der Waals surface area contributed by atoms with E-state index in [0.717, 1.165) is 22.5 Å². The average Bonchev–Trinajstić information content (AvgIpc) is 2.62. The van der Waals surface area contributed by atoms with Crippen molar-refractivity contribution >= 4 is 34.3 Å². The molecular formula is C12H10N2. The van der Waals surface area contributed by atoms with Gasteiger partial charge in [0.25, 0.3) is 0 Å². The molecule has 2 aromatic rings. The molecule has 3 rings (SSSR count). The second-order valence-corrected chi connectivity index (χ2v) is 3.57. The van der Waals surface area contributed by atoms with Gasteiger partial charge in [-0.15, -0.1) is 0 Å². The minimum Gasteiger partial charge on any atom is -0.398 e. The van der Waals surface area contributed by atoms with Crippen molar-refractivity contribution in [2.24, 2.45) is 0 Å². The van der Waals surface area contributed by atoms with Gasteiger partial charge in [-0.3, -0.25) is 0 Å². The maximum absolute atomic E-state index is 5.89. The highest BCUT2D eigenvalue weighted by Crippen LogP contribution is 2.37. The Balaban J connectivity index is 2.61. The average molecular weight is 182 g/mol. The van der Waals surface area contributed by atoms with Gasteiger partial charge in [-0.05, 0) is 17.5 Å². The molecule has 0 aromatic heterocycles. The highest BCUT2D eigenvalue weighted by atomic mass is 14.6. The summed E-state index contributed by atoms with van der Waals surface area (Å²) in [6, 6.07) is 7.94. The van der Waals surface area contributed by atoms with Crippen LogP contribution in [0.25, 0.3) is 22.9 Å². The van der Waals surface area contributed by atoms with Crippen LogP contribution in [-0.4, -0.2) is 0 Å². The van der Waals surface area contributed by atoms with E-state index in [9.17, 15) is 0 Å². The number of rotatable bonds is 0. The van der Waals surface area contributed by atoms with E-state index in [1.165, 1.54) is 10.8 Å². The molecule has 0 saturated heterocycles. The summed E-state index contributed by atoms with van der Waals surface area (Å²) in [6.45, 7) is 0. The standard InChI is InChI=1S/C12H10N2/c13-10-5-1-7-2-6-11(14)9-4-3-8(10)12(7)9/h1-6H,13-14H2. The van der Waals surface area contributed by atoms with E-state index in [1.807, 2.05) is 36.4 Å². The molecule has 68 valence electrons. The van der Waals surface area contributed by atoms with Gasteiger partial charge in [0.2, 0.25) is 0 Å². The predicted octanol–water partition coefficient (Wildman–Crippen LogP) is 2.49. The second-order valence-electron chi connectivity index (χ2n) is 3.57. The smallest absolute Gasteiger partial charge is 0.0394 e. The Morgan fingerprint density at radius 3 is 1.71 bits per heavy atom. The number of hydrogen-bond donors (Lipinski definition) is 2. The van der Waals surface area contributed by atoms with Crippen molar-refractivity contribution in [1.29, 1.82) is 0 Å². The van der Waals surface area contributed by atoms with Gasteiger partial charge in [0.15, 0.2) is 0 Å². The first-order valence-corrected chi connectivity index (χ1v) is 4.56.